The molecule has 0 saturated heterocycles. The van der Waals surface area contributed by atoms with E-state index in [0.29, 0.717) is 0 Å². The smallest absolute Gasteiger partial charge is 0.0775 e. The number of aliphatic hydroxyl groups excluding tert-OH is 1. The number of fused-ring (bicyclic) bond motifs is 1. The van der Waals surface area contributed by atoms with Gasteiger partial charge in [-0.15, -0.1) is 0 Å². The maximum Gasteiger partial charge on any atom is 0.0775 e. The summed E-state index contributed by atoms with van der Waals surface area (Å²) in [5, 5.41) is 13.6. The first kappa shape index (κ1) is 12.2. The van der Waals surface area contributed by atoms with Crippen LogP contribution in [0, 0.1) is 0 Å². The Morgan fingerprint density at radius 3 is 2.63 bits per heavy atom. The molecule has 0 spiro atoms. The van der Waals surface area contributed by atoms with Gasteiger partial charge < -0.3 is 16.2 Å². The van der Waals surface area contributed by atoms with Gasteiger partial charge in [-0.1, -0.05) is 36.4 Å². The second-order valence-electron chi connectivity index (χ2n) is 5.07. The summed E-state index contributed by atoms with van der Waals surface area (Å²) in [6, 6.07) is 16.1. The molecule has 3 nitrogen and oxygen atoms in total. The van der Waals surface area contributed by atoms with Gasteiger partial charge in [0, 0.05) is 18.7 Å². The van der Waals surface area contributed by atoms with E-state index in [2.05, 4.69) is 17.4 Å². The van der Waals surface area contributed by atoms with Crippen molar-refractivity contribution >= 4 is 5.69 Å². The number of benzene rings is 2. The number of anilines is 1. The summed E-state index contributed by atoms with van der Waals surface area (Å²) in [6.45, 7) is 0.732. The highest BCUT2D eigenvalue weighted by molar-refractivity contribution is 5.40. The summed E-state index contributed by atoms with van der Waals surface area (Å²) >= 11 is 0. The van der Waals surface area contributed by atoms with E-state index in [1.807, 2.05) is 36.4 Å². The van der Waals surface area contributed by atoms with Gasteiger partial charge in [0.25, 0.3) is 0 Å². The van der Waals surface area contributed by atoms with Crippen LogP contribution in [-0.2, 0) is 13.0 Å². The van der Waals surface area contributed by atoms with Gasteiger partial charge in [-0.2, -0.15) is 0 Å². The minimum absolute atomic E-state index is 0.0220. The minimum Gasteiger partial charge on any atom is -0.399 e. The molecule has 0 aromatic heterocycles. The van der Waals surface area contributed by atoms with Crippen molar-refractivity contribution in [3.05, 3.63) is 65.2 Å². The second kappa shape index (κ2) is 5.03. The molecule has 2 aromatic rings. The summed E-state index contributed by atoms with van der Waals surface area (Å²) in [5.74, 6) is 0. The molecule has 1 aliphatic rings. The number of hydrogen-bond donors (Lipinski definition) is 3. The maximum atomic E-state index is 10.1. The number of nitrogens with two attached hydrogens (primary N) is 1. The van der Waals surface area contributed by atoms with Gasteiger partial charge in [0.2, 0.25) is 0 Å². The van der Waals surface area contributed by atoms with Crippen molar-refractivity contribution in [2.24, 2.45) is 0 Å². The van der Waals surface area contributed by atoms with Crippen LogP contribution < -0.4 is 11.1 Å². The molecule has 3 rings (SSSR count). The van der Waals surface area contributed by atoms with E-state index in [-0.39, 0.29) is 12.1 Å². The second-order valence-corrected chi connectivity index (χ2v) is 5.07. The van der Waals surface area contributed by atoms with Crippen LogP contribution in [-0.4, -0.2) is 11.2 Å². The zero-order chi connectivity index (χ0) is 13.2. The van der Waals surface area contributed by atoms with Gasteiger partial charge in [-0.05, 0) is 28.8 Å². The Hall–Kier alpha value is -1.84. The van der Waals surface area contributed by atoms with Crippen LogP contribution in [0.5, 0.6) is 0 Å². The van der Waals surface area contributed by atoms with Crippen molar-refractivity contribution in [3.8, 4) is 0 Å². The fourth-order valence-corrected chi connectivity index (χ4v) is 2.68. The molecule has 0 saturated carbocycles. The van der Waals surface area contributed by atoms with E-state index in [0.717, 1.165) is 18.7 Å². The predicted molar refractivity (Wildman–Crippen MR) is 76.6 cm³/mol. The zero-order valence-corrected chi connectivity index (χ0v) is 10.7. The Bertz CT molecular complexity index is 565. The molecule has 0 aliphatic heterocycles. The average molecular weight is 254 g/mol. The highest BCUT2D eigenvalue weighted by Gasteiger charge is 2.29. The molecule has 2 aromatic carbocycles. The molecule has 4 N–H and O–H groups in total. The molecule has 3 heteroatoms. The Morgan fingerprint density at radius 1 is 1.11 bits per heavy atom. The van der Waals surface area contributed by atoms with Crippen LogP contribution in [0.25, 0.3) is 0 Å². The fraction of sp³-hybridized carbons (Fsp3) is 0.250. The predicted octanol–water partition coefficient (Wildman–Crippen LogP) is 2.02. The van der Waals surface area contributed by atoms with Gasteiger partial charge in [0.15, 0.2) is 0 Å². The first-order chi connectivity index (χ1) is 9.24. The lowest BCUT2D eigenvalue weighted by molar-refractivity contribution is 0.140. The SMILES string of the molecule is Nc1ccc(CN[C@H]2c3ccccc3C[C@H]2O)cc1. The van der Waals surface area contributed by atoms with Crippen molar-refractivity contribution in [1.29, 1.82) is 0 Å². The molecular weight excluding hydrogens is 236 g/mol. The van der Waals surface area contributed by atoms with Crippen molar-refractivity contribution in [1.82, 2.24) is 5.32 Å². The van der Waals surface area contributed by atoms with E-state index < -0.39 is 0 Å². The average Bonchev–Trinajstić information content (AvgIpc) is 2.74. The van der Waals surface area contributed by atoms with Crippen molar-refractivity contribution < 1.29 is 5.11 Å². The molecule has 19 heavy (non-hydrogen) atoms. The quantitative estimate of drug-likeness (QED) is 0.734. The number of rotatable bonds is 3. The summed E-state index contributed by atoms with van der Waals surface area (Å²) in [4.78, 5) is 0. The van der Waals surface area contributed by atoms with Gasteiger partial charge >= 0.3 is 0 Å². The lowest BCUT2D eigenvalue weighted by Crippen LogP contribution is -2.28. The van der Waals surface area contributed by atoms with Crippen LogP contribution in [0.1, 0.15) is 22.7 Å². The molecular formula is C16H18N2O. The van der Waals surface area contributed by atoms with E-state index in [4.69, 9.17) is 5.73 Å². The normalized spacial score (nSPS) is 21.3. The van der Waals surface area contributed by atoms with Crippen LogP contribution in [0.2, 0.25) is 0 Å². The first-order valence-corrected chi connectivity index (χ1v) is 6.58. The van der Waals surface area contributed by atoms with Gasteiger partial charge in [-0.3, -0.25) is 0 Å². The number of aliphatic hydroxyl groups is 1. The van der Waals surface area contributed by atoms with Crippen molar-refractivity contribution in [3.63, 3.8) is 0 Å². The summed E-state index contributed by atoms with van der Waals surface area (Å²) in [5.41, 5.74) is 10.1. The topological polar surface area (TPSA) is 58.3 Å². The Labute approximate surface area is 113 Å². The molecule has 1 aliphatic carbocycles. The third kappa shape index (κ3) is 2.48. The summed E-state index contributed by atoms with van der Waals surface area (Å²) < 4.78 is 0. The van der Waals surface area contributed by atoms with Crippen LogP contribution in [0.4, 0.5) is 5.69 Å². The van der Waals surface area contributed by atoms with Gasteiger partial charge in [-0.25, -0.2) is 0 Å². The Balaban J connectivity index is 1.72. The van der Waals surface area contributed by atoms with E-state index in [1.165, 1.54) is 16.7 Å². The molecule has 0 heterocycles. The van der Waals surface area contributed by atoms with E-state index in [9.17, 15) is 5.11 Å². The number of nitrogens with one attached hydrogen (secondary N) is 1. The number of nitrogen functional groups attached to an aromatic ring is 1. The zero-order valence-electron chi connectivity index (χ0n) is 10.7. The lowest BCUT2D eigenvalue weighted by Gasteiger charge is -2.18. The third-order valence-electron chi connectivity index (χ3n) is 3.71. The third-order valence-corrected chi connectivity index (χ3v) is 3.71. The molecule has 0 amide bonds. The summed E-state index contributed by atoms with van der Waals surface area (Å²) in [7, 11) is 0. The van der Waals surface area contributed by atoms with Crippen LogP contribution in [0.3, 0.4) is 0 Å². The Morgan fingerprint density at radius 2 is 1.84 bits per heavy atom. The van der Waals surface area contributed by atoms with Crippen molar-refractivity contribution in [2.45, 2.75) is 25.1 Å². The fourth-order valence-electron chi connectivity index (χ4n) is 2.68. The number of hydrogen-bond acceptors (Lipinski definition) is 3. The van der Waals surface area contributed by atoms with E-state index >= 15 is 0 Å². The van der Waals surface area contributed by atoms with Crippen molar-refractivity contribution in [2.75, 3.05) is 5.73 Å². The molecule has 0 unspecified atom stereocenters. The Kier molecular flexibility index (Phi) is 3.23. The lowest BCUT2D eigenvalue weighted by atomic mass is 10.1. The maximum absolute atomic E-state index is 10.1. The molecule has 98 valence electrons. The van der Waals surface area contributed by atoms with Crippen LogP contribution in [0.15, 0.2) is 48.5 Å². The van der Waals surface area contributed by atoms with Crippen LogP contribution >= 0.6 is 0 Å². The molecule has 0 fully saturated rings. The van der Waals surface area contributed by atoms with Gasteiger partial charge in [0.1, 0.15) is 0 Å². The molecule has 2 atom stereocenters. The highest BCUT2D eigenvalue weighted by Crippen LogP contribution is 2.31. The standard InChI is InChI=1S/C16H18N2O/c17-13-7-5-11(6-8-13)10-18-16-14-4-2-1-3-12(14)9-15(16)19/h1-8,15-16,18-19H,9-10,17H2/t15-,16+/m1/s1. The van der Waals surface area contributed by atoms with Gasteiger partial charge in [0.05, 0.1) is 12.1 Å². The first-order valence-electron chi connectivity index (χ1n) is 6.58. The highest BCUT2D eigenvalue weighted by atomic mass is 16.3. The monoisotopic (exact) mass is 254 g/mol. The minimum atomic E-state index is -0.341. The summed E-state index contributed by atoms with van der Waals surface area (Å²) in [6.07, 6.45) is 0.390. The van der Waals surface area contributed by atoms with E-state index in [1.54, 1.807) is 0 Å². The molecule has 0 radical (unpaired) electrons. The molecule has 0 bridgehead atoms. The largest absolute Gasteiger partial charge is 0.399 e.